The fraction of sp³-hybridized carbons (Fsp3) is 0.278. The summed E-state index contributed by atoms with van der Waals surface area (Å²) in [6.45, 7) is 0.204. The second-order valence-corrected chi connectivity index (χ2v) is 7.70. The number of sulfonamides is 1. The SMILES string of the molecule is COc1ccc(CCOC(=O)c2cccc(S(=O)(=O)N(C)C)c2)cc1. The molecule has 0 aromatic heterocycles. The van der Waals surface area contributed by atoms with Crippen LogP contribution in [-0.4, -0.2) is 46.5 Å². The molecule has 0 bridgehead atoms. The number of hydrogen-bond donors (Lipinski definition) is 0. The summed E-state index contributed by atoms with van der Waals surface area (Å²) in [5, 5.41) is 0. The molecule has 2 aromatic carbocycles. The van der Waals surface area contributed by atoms with Gasteiger partial charge in [-0.05, 0) is 35.9 Å². The lowest BCUT2D eigenvalue weighted by molar-refractivity contribution is 0.0509. The predicted octanol–water partition coefficient (Wildman–Crippen LogP) is 2.35. The predicted molar refractivity (Wildman–Crippen MR) is 94.3 cm³/mol. The van der Waals surface area contributed by atoms with Gasteiger partial charge in [-0.3, -0.25) is 0 Å². The molecule has 0 unspecified atom stereocenters. The molecular weight excluding hydrogens is 342 g/mol. The summed E-state index contributed by atoms with van der Waals surface area (Å²) in [6, 6.07) is 13.3. The highest BCUT2D eigenvalue weighted by Crippen LogP contribution is 2.16. The number of carbonyl (C=O) groups is 1. The fourth-order valence-electron chi connectivity index (χ4n) is 2.13. The Morgan fingerprint density at radius 2 is 1.76 bits per heavy atom. The van der Waals surface area contributed by atoms with Crippen LogP contribution >= 0.6 is 0 Å². The standard InChI is InChI=1S/C18H21NO5S/c1-19(2)25(21,22)17-6-4-5-15(13-17)18(20)24-12-11-14-7-9-16(23-3)10-8-14/h4-10,13H,11-12H2,1-3H3. The van der Waals surface area contributed by atoms with Gasteiger partial charge in [-0.25, -0.2) is 17.5 Å². The zero-order chi connectivity index (χ0) is 18.4. The number of esters is 1. The van der Waals surface area contributed by atoms with Crippen molar-refractivity contribution in [2.24, 2.45) is 0 Å². The number of rotatable bonds is 7. The van der Waals surface area contributed by atoms with E-state index in [1.807, 2.05) is 24.3 Å². The normalized spacial score (nSPS) is 11.4. The highest BCUT2D eigenvalue weighted by atomic mass is 32.2. The van der Waals surface area contributed by atoms with Crippen LogP contribution in [-0.2, 0) is 21.2 Å². The van der Waals surface area contributed by atoms with Gasteiger partial charge in [0.1, 0.15) is 5.75 Å². The van der Waals surface area contributed by atoms with E-state index in [1.165, 1.54) is 38.4 Å². The molecule has 0 N–H and O–H groups in total. The molecule has 0 atom stereocenters. The van der Waals surface area contributed by atoms with Gasteiger partial charge in [0.15, 0.2) is 0 Å². The highest BCUT2D eigenvalue weighted by Gasteiger charge is 2.19. The Bertz CT molecular complexity index is 829. The molecule has 2 aromatic rings. The third kappa shape index (κ3) is 4.80. The lowest BCUT2D eigenvalue weighted by Gasteiger charge is -2.12. The monoisotopic (exact) mass is 363 g/mol. The molecule has 0 radical (unpaired) electrons. The Hall–Kier alpha value is -2.38. The van der Waals surface area contributed by atoms with Crippen LogP contribution < -0.4 is 4.74 Å². The number of hydrogen-bond acceptors (Lipinski definition) is 5. The number of carbonyl (C=O) groups excluding carboxylic acids is 1. The molecule has 7 heteroatoms. The van der Waals surface area contributed by atoms with E-state index in [0.717, 1.165) is 15.6 Å². The summed E-state index contributed by atoms with van der Waals surface area (Å²) in [5.74, 6) is 0.212. The number of ether oxygens (including phenoxy) is 2. The first kappa shape index (κ1) is 19.0. The van der Waals surface area contributed by atoms with Gasteiger partial charge in [-0.15, -0.1) is 0 Å². The minimum atomic E-state index is -3.59. The van der Waals surface area contributed by atoms with Crippen LogP contribution in [0.4, 0.5) is 0 Å². The van der Waals surface area contributed by atoms with Crippen molar-refractivity contribution in [1.29, 1.82) is 0 Å². The quantitative estimate of drug-likeness (QED) is 0.706. The van der Waals surface area contributed by atoms with Gasteiger partial charge in [0, 0.05) is 20.5 Å². The summed E-state index contributed by atoms with van der Waals surface area (Å²) >= 11 is 0. The number of methoxy groups -OCH3 is 1. The smallest absolute Gasteiger partial charge is 0.338 e. The average molecular weight is 363 g/mol. The first-order valence-electron chi connectivity index (χ1n) is 7.67. The average Bonchev–Trinajstić information content (AvgIpc) is 2.62. The first-order valence-corrected chi connectivity index (χ1v) is 9.11. The third-order valence-corrected chi connectivity index (χ3v) is 5.44. The summed E-state index contributed by atoms with van der Waals surface area (Å²) in [6.07, 6.45) is 0.561. The number of nitrogens with zero attached hydrogens (tertiary/aromatic N) is 1. The minimum Gasteiger partial charge on any atom is -0.497 e. The van der Waals surface area contributed by atoms with Crippen molar-refractivity contribution in [2.45, 2.75) is 11.3 Å². The molecule has 2 rings (SSSR count). The molecule has 0 saturated carbocycles. The van der Waals surface area contributed by atoms with E-state index in [-0.39, 0.29) is 17.1 Å². The van der Waals surface area contributed by atoms with Crippen LogP contribution in [0.2, 0.25) is 0 Å². The van der Waals surface area contributed by atoms with E-state index in [0.29, 0.717) is 6.42 Å². The Morgan fingerprint density at radius 3 is 2.36 bits per heavy atom. The van der Waals surface area contributed by atoms with E-state index in [2.05, 4.69) is 0 Å². The van der Waals surface area contributed by atoms with Gasteiger partial charge in [-0.1, -0.05) is 18.2 Å². The molecule has 134 valence electrons. The van der Waals surface area contributed by atoms with Gasteiger partial charge in [0.05, 0.1) is 24.2 Å². The maximum atomic E-state index is 12.1. The van der Waals surface area contributed by atoms with Crippen LogP contribution in [0.1, 0.15) is 15.9 Å². The lowest BCUT2D eigenvalue weighted by atomic mass is 10.1. The summed E-state index contributed by atoms with van der Waals surface area (Å²) in [5.41, 5.74) is 1.22. The Morgan fingerprint density at radius 1 is 1.08 bits per heavy atom. The zero-order valence-electron chi connectivity index (χ0n) is 14.4. The first-order chi connectivity index (χ1) is 11.8. The summed E-state index contributed by atoms with van der Waals surface area (Å²) < 4.78 is 35.7. The molecular formula is C18H21NO5S. The summed E-state index contributed by atoms with van der Waals surface area (Å²) in [4.78, 5) is 12.2. The third-order valence-electron chi connectivity index (χ3n) is 3.63. The van der Waals surface area contributed by atoms with Gasteiger partial charge >= 0.3 is 5.97 Å². The van der Waals surface area contributed by atoms with E-state index < -0.39 is 16.0 Å². The van der Waals surface area contributed by atoms with Crippen LogP contribution in [0, 0.1) is 0 Å². The molecule has 0 aliphatic rings. The summed E-state index contributed by atoms with van der Waals surface area (Å²) in [7, 11) is 0.889. The van der Waals surface area contributed by atoms with Crippen molar-refractivity contribution in [3.8, 4) is 5.75 Å². The minimum absolute atomic E-state index is 0.0575. The zero-order valence-corrected chi connectivity index (χ0v) is 15.2. The lowest BCUT2D eigenvalue weighted by Crippen LogP contribution is -2.22. The van der Waals surface area contributed by atoms with E-state index in [4.69, 9.17) is 9.47 Å². The molecule has 0 aliphatic heterocycles. The van der Waals surface area contributed by atoms with Crippen molar-refractivity contribution in [3.63, 3.8) is 0 Å². The Labute approximate surface area is 148 Å². The number of benzene rings is 2. The van der Waals surface area contributed by atoms with Gasteiger partial charge in [0.25, 0.3) is 0 Å². The fourth-order valence-corrected chi connectivity index (χ4v) is 3.08. The van der Waals surface area contributed by atoms with Crippen LogP contribution in [0.15, 0.2) is 53.4 Å². The second kappa shape index (κ2) is 8.13. The van der Waals surface area contributed by atoms with E-state index in [1.54, 1.807) is 7.11 Å². The molecule has 0 aliphatic carbocycles. The molecule has 0 heterocycles. The largest absolute Gasteiger partial charge is 0.497 e. The molecule has 0 amide bonds. The van der Waals surface area contributed by atoms with E-state index in [9.17, 15) is 13.2 Å². The Kier molecular flexibility index (Phi) is 6.17. The van der Waals surface area contributed by atoms with Gasteiger partial charge in [-0.2, -0.15) is 0 Å². The van der Waals surface area contributed by atoms with Gasteiger partial charge < -0.3 is 9.47 Å². The van der Waals surface area contributed by atoms with Crippen molar-refractivity contribution >= 4 is 16.0 Å². The van der Waals surface area contributed by atoms with E-state index >= 15 is 0 Å². The second-order valence-electron chi connectivity index (χ2n) is 5.55. The van der Waals surface area contributed by atoms with Crippen LogP contribution in [0.25, 0.3) is 0 Å². The van der Waals surface area contributed by atoms with Gasteiger partial charge in [0.2, 0.25) is 10.0 Å². The molecule has 0 saturated heterocycles. The van der Waals surface area contributed by atoms with Crippen LogP contribution in [0.5, 0.6) is 5.75 Å². The topological polar surface area (TPSA) is 72.9 Å². The molecule has 25 heavy (non-hydrogen) atoms. The maximum absolute atomic E-state index is 12.1. The van der Waals surface area contributed by atoms with Crippen molar-refractivity contribution < 1.29 is 22.7 Å². The van der Waals surface area contributed by atoms with Crippen molar-refractivity contribution in [3.05, 3.63) is 59.7 Å². The maximum Gasteiger partial charge on any atom is 0.338 e. The van der Waals surface area contributed by atoms with Crippen molar-refractivity contribution in [1.82, 2.24) is 4.31 Å². The highest BCUT2D eigenvalue weighted by molar-refractivity contribution is 7.89. The molecule has 0 spiro atoms. The molecule has 0 fully saturated rings. The molecule has 6 nitrogen and oxygen atoms in total. The van der Waals surface area contributed by atoms with Crippen molar-refractivity contribution in [2.75, 3.05) is 27.8 Å². The van der Waals surface area contributed by atoms with Crippen LogP contribution in [0.3, 0.4) is 0 Å². The Balaban J connectivity index is 1.99.